The number of nitrogens with zero attached hydrogens (tertiary/aromatic N) is 5. The summed E-state index contributed by atoms with van der Waals surface area (Å²) in [5.74, 6) is -0.804. The lowest BCUT2D eigenvalue weighted by Gasteiger charge is -2.36. The van der Waals surface area contributed by atoms with Crippen LogP contribution in [0.25, 0.3) is 10.9 Å². The largest absolute Gasteiger partial charge is 0.380 e. The number of amides is 2. The van der Waals surface area contributed by atoms with Crippen molar-refractivity contribution in [2.75, 3.05) is 36.4 Å². The Bertz CT molecular complexity index is 1720. The van der Waals surface area contributed by atoms with Crippen LogP contribution in [0.3, 0.4) is 0 Å². The van der Waals surface area contributed by atoms with Gasteiger partial charge in [0.05, 0.1) is 28.9 Å². The first-order chi connectivity index (χ1) is 20.5. The van der Waals surface area contributed by atoms with Crippen LogP contribution < -0.4 is 21.1 Å². The molecule has 2 N–H and O–H groups in total. The number of fused-ring (bicyclic) bond motifs is 1. The first-order valence-corrected chi connectivity index (χ1v) is 14.1. The Hall–Kier alpha value is -5.01. The molecule has 3 heterocycles. The summed E-state index contributed by atoms with van der Waals surface area (Å²) >= 11 is 0. The number of carbonyl (C=O) groups excluding carboxylic acids is 2. The maximum atomic E-state index is 13.4. The van der Waals surface area contributed by atoms with Crippen molar-refractivity contribution in [1.29, 1.82) is 5.26 Å². The number of benzene rings is 3. The van der Waals surface area contributed by atoms with Crippen LogP contribution in [-0.4, -0.2) is 52.4 Å². The van der Waals surface area contributed by atoms with Gasteiger partial charge >= 0.3 is 0 Å². The second-order valence-corrected chi connectivity index (χ2v) is 10.7. The molecule has 10 nitrogen and oxygen atoms in total. The first kappa shape index (κ1) is 27.2. The number of nitrogens with one attached hydrogen (secondary N) is 2. The van der Waals surface area contributed by atoms with Crippen molar-refractivity contribution in [1.82, 2.24) is 19.8 Å². The molecule has 0 spiro atoms. The summed E-state index contributed by atoms with van der Waals surface area (Å²) in [6.07, 6.45) is 1.85. The molecular weight excluding hydrogens is 530 g/mol. The van der Waals surface area contributed by atoms with E-state index in [1.165, 1.54) is 16.5 Å². The fourth-order valence-corrected chi connectivity index (χ4v) is 5.62. The van der Waals surface area contributed by atoms with Gasteiger partial charge in [-0.15, -0.1) is 0 Å². The Morgan fingerprint density at radius 1 is 0.929 bits per heavy atom. The first-order valence-electron chi connectivity index (χ1n) is 14.1. The molecule has 0 saturated carbocycles. The van der Waals surface area contributed by atoms with Gasteiger partial charge in [-0.2, -0.15) is 5.26 Å². The van der Waals surface area contributed by atoms with E-state index in [4.69, 9.17) is 5.26 Å². The second-order valence-electron chi connectivity index (χ2n) is 10.7. The van der Waals surface area contributed by atoms with E-state index in [1.54, 1.807) is 6.07 Å². The van der Waals surface area contributed by atoms with Crippen LogP contribution in [0.2, 0.25) is 0 Å². The summed E-state index contributed by atoms with van der Waals surface area (Å²) in [5.41, 5.74) is 5.04. The molecule has 10 heteroatoms. The number of aromatic nitrogens is 2. The molecule has 3 aromatic carbocycles. The maximum Gasteiger partial charge on any atom is 0.264 e. The highest BCUT2D eigenvalue weighted by molar-refractivity contribution is 5.99. The number of rotatable bonds is 7. The number of piperidine rings is 1. The van der Waals surface area contributed by atoms with Gasteiger partial charge in [0, 0.05) is 57.1 Å². The molecule has 2 saturated heterocycles. The van der Waals surface area contributed by atoms with E-state index < -0.39 is 11.9 Å². The van der Waals surface area contributed by atoms with E-state index in [0.29, 0.717) is 28.7 Å². The van der Waals surface area contributed by atoms with Gasteiger partial charge in [-0.25, -0.2) is 4.98 Å². The van der Waals surface area contributed by atoms with Crippen molar-refractivity contribution in [2.24, 2.45) is 0 Å². The molecule has 2 fully saturated rings. The number of nitriles is 1. The predicted molar refractivity (Wildman–Crippen MR) is 160 cm³/mol. The molecule has 0 radical (unpaired) electrons. The molecule has 212 valence electrons. The number of anilines is 2. The SMILES string of the molecule is N#Cc1ccc(N2CCN(Cc3ccc(CNc4cccc5ncn(C6CCC(=O)NC6=O)c(=O)c45)cc3)CC2)cc1. The molecule has 1 atom stereocenters. The topological polar surface area (TPSA) is 123 Å². The highest BCUT2D eigenvalue weighted by atomic mass is 16.2. The van der Waals surface area contributed by atoms with E-state index >= 15 is 0 Å². The molecule has 1 aromatic heterocycles. The lowest BCUT2D eigenvalue weighted by molar-refractivity contribution is -0.135. The Morgan fingerprint density at radius 3 is 2.38 bits per heavy atom. The van der Waals surface area contributed by atoms with Crippen LogP contribution in [0.4, 0.5) is 11.4 Å². The summed E-state index contributed by atoms with van der Waals surface area (Å²) in [4.78, 5) is 46.6. The number of hydrogen-bond donors (Lipinski definition) is 2. The third-order valence-corrected chi connectivity index (χ3v) is 8.00. The van der Waals surface area contributed by atoms with E-state index in [9.17, 15) is 14.4 Å². The normalized spacial score (nSPS) is 17.6. The average molecular weight is 562 g/mol. The highest BCUT2D eigenvalue weighted by Crippen LogP contribution is 2.23. The van der Waals surface area contributed by atoms with Crippen molar-refractivity contribution >= 4 is 34.1 Å². The fraction of sp³-hybridized carbons (Fsp3) is 0.281. The van der Waals surface area contributed by atoms with Crippen LogP contribution in [0, 0.1) is 11.3 Å². The van der Waals surface area contributed by atoms with Gasteiger partial charge in [0.1, 0.15) is 6.04 Å². The number of imide groups is 1. The highest BCUT2D eigenvalue weighted by Gasteiger charge is 2.29. The van der Waals surface area contributed by atoms with E-state index in [0.717, 1.165) is 44.0 Å². The third kappa shape index (κ3) is 5.73. The van der Waals surface area contributed by atoms with Crippen LogP contribution in [0.1, 0.15) is 35.6 Å². The zero-order chi connectivity index (χ0) is 29.1. The molecule has 0 aliphatic carbocycles. The standard InChI is InChI=1S/C32H31N7O3/c33-18-22-8-10-25(11-9-22)38-16-14-37(15-17-38)20-24-6-4-23(5-7-24)19-34-26-2-1-3-27-30(26)32(42)39(21-35-27)28-12-13-29(40)36-31(28)41/h1-11,21,28,34H,12-17,19-20H2,(H,36,40,41). The van der Waals surface area contributed by atoms with Gasteiger partial charge in [0.15, 0.2) is 0 Å². The molecule has 6 rings (SSSR count). The molecule has 0 bridgehead atoms. The summed E-state index contributed by atoms with van der Waals surface area (Å²) in [5, 5.41) is 15.1. The van der Waals surface area contributed by atoms with Crippen molar-refractivity contribution in [3.05, 3.63) is 100 Å². The summed E-state index contributed by atoms with van der Waals surface area (Å²) < 4.78 is 1.33. The van der Waals surface area contributed by atoms with E-state index in [2.05, 4.69) is 55.8 Å². The zero-order valence-electron chi connectivity index (χ0n) is 23.1. The molecule has 4 aromatic rings. The summed E-state index contributed by atoms with van der Waals surface area (Å²) in [7, 11) is 0. The maximum absolute atomic E-state index is 13.4. The molecular formula is C32H31N7O3. The second kappa shape index (κ2) is 11.8. The van der Waals surface area contributed by atoms with E-state index in [1.807, 2.05) is 36.4 Å². The lowest BCUT2D eigenvalue weighted by atomic mass is 10.1. The summed E-state index contributed by atoms with van der Waals surface area (Å²) in [6.45, 7) is 5.22. The fourth-order valence-electron chi connectivity index (χ4n) is 5.62. The number of piperazine rings is 1. The van der Waals surface area contributed by atoms with Gasteiger partial charge in [-0.05, 0) is 53.9 Å². The Balaban J connectivity index is 1.08. The summed E-state index contributed by atoms with van der Waals surface area (Å²) in [6, 6.07) is 23.1. The lowest BCUT2D eigenvalue weighted by Crippen LogP contribution is -2.45. The van der Waals surface area contributed by atoms with Crippen molar-refractivity contribution in [2.45, 2.75) is 32.0 Å². The van der Waals surface area contributed by atoms with E-state index in [-0.39, 0.29) is 24.3 Å². The van der Waals surface area contributed by atoms with Crippen molar-refractivity contribution in [3.8, 4) is 6.07 Å². The predicted octanol–water partition coefficient (Wildman–Crippen LogP) is 3.18. The molecule has 2 aliphatic heterocycles. The van der Waals surface area contributed by atoms with Crippen LogP contribution in [-0.2, 0) is 22.7 Å². The van der Waals surface area contributed by atoms with Gasteiger partial charge in [0.25, 0.3) is 5.56 Å². The van der Waals surface area contributed by atoms with Crippen molar-refractivity contribution in [3.63, 3.8) is 0 Å². The molecule has 1 unspecified atom stereocenters. The van der Waals surface area contributed by atoms with Crippen LogP contribution in [0.15, 0.2) is 77.9 Å². The smallest absolute Gasteiger partial charge is 0.264 e. The minimum atomic E-state index is -0.758. The number of hydrogen-bond acceptors (Lipinski definition) is 8. The average Bonchev–Trinajstić information content (AvgIpc) is 3.02. The van der Waals surface area contributed by atoms with Gasteiger partial charge in [-0.1, -0.05) is 30.3 Å². The molecule has 2 amide bonds. The molecule has 2 aliphatic rings. The van der Waals surface area contributed by atoms with Gasteiger partial charge in [-0.3, -0.25) is 29.2 Å². The van der Waals surface area contributed by atoms with Crippen LogP contribution >= 0.6 is 0 Å². The Labute approximate surface area is 243 Å². The Morgan fingerprint density at radius 2 is 1.67 bits per heavy atom. The molecule has 42 heavy (non-hydrogen) atoms. The van der Waals surface area contributed by atoms with Crippen molar-refractivity contribution < 1.29 is 9.59 Å². The minimum absolute atomic E-state index is 0.186. The monoisotopic (exact) mass is 561 g/mol. The van der Waals surface area contributed by atoms with Crippen LogP contribution in [0.5, 0.6) is 0 Å². The quantitative estimate of drug-likeness (QED) is 0.330. The Kier molecular flexibility index (Phi) is 7.66. The zero-order valence-corrected chi connectivity index (χ0v) is 23.1. The van der Waals surface area contributed by atoms with Gasteiger partial charge in [0.2, 0.25) is 11.8 Å². The third-order valence-electron chi connectivity index (χ3n) is 8.00. The minimum Gasteiger partial charge on any atom is -0.380 e. The number of carbonyl (C=O) groups is 2. The van der Waals surface area contributed by atoms with Gasteiger partial charge < -0.3 is 10.2 Å².